The molecule has 28 heavy (non-hydrogen) atoms. The SMILES string of the molecule is COc1ccccc1C(CNC(=O)c1cccnc1N(C)C)N1CCOCC1. The molecule has 1 N–H and O–H groups in total. The largest absolute Gasteiger partial charge is 0.496 e. The molecule has 0 bridgehead atoms. The molecule has 0 radical (unpaired) electrons. The van der Waals surface area contributed by atoms with Crippen LogP contribution in [0.2, 0.25) is 0 Å². The first-order valence-electron chi connectivity index (χ1n) is 9.47. The number of amides is 1. The molecule has 0 spiro atoms. The molecule has 1 aromatic heterocycles. The maximum Gasteiger partial charge on any atom is 0.255 e. The molecular weight excluding hydrogens is 356 g/mol. The van der Waals surface area contributed by atoms with Gasteiger partial charge in [-0.15, -0.1) is 0 Å². The van der Waals surface area contributed by atoms with E-state index in [1.807, 2.05) is 37.2 Å². The fourth-order valence-corrected chi connectivity index (χ4v) is 3.48. The van der Waals surface area contributed by atoms with Crippen LogP contribution in [-0.4, -0.2) is 69.8 Å². The number of nitrogens with one attached hydrogen (secondary N) is 1. The number of anilines is 1. The van der Waals surface area contributed by atoms with Crippen LogP contribution < -0.4 is 15.0 Å². The smallest absolute Gasteiger partial charge is 0.255 e. The average Bonchev–Trinajstić information content (AvgIpc) is 2.74. The van der Waals surface area contributed by atoms with Crippen molar-refractivity contribution >= 4 is 11.7 Å². The van der Waals surface area contributed by atoms with Gasteiger partial charge in [0, 0.05) is 45.5 Å². The van der Waals surface area contributed by atoms with Crippen LogP contribution in [0.4, 0.5) is 5.82 Å². The lowest BCUT2D eigenvalue weighted by Crippen LogP contribution is -2.44. The summed E-state index contributed by atoms with van der Waals surface area (Å²) < 4.78 is 11.1. The number of methoxy groups -OCH3 is 1. The normalized spacial score (nSPS) is 15.7. The topological polar surface area (TPSA) is 66.9 Å². The highest BCUT2D eigenvalue weighted by molar-refractivity contribution is 5.98. The summed E-state index contributed by atoms with van der Waals surface area (Å²) in [5.74, 6) is 1.34. The van der Waals surface area contributed by atoms with Gasteiger partial charge in [-0.2, -0.15) is 0 Å². The molecule has 1 aromatic carbocycles. The summed E-state index contributed by atoms with van der Waals surface area (Å²) >= 11 is 0. The Morgan fingerprint density at radius 2 is 2.00 bits per heavy atom. The first-order chi connectivity index (χ1) is 13.6. The molecule has 1 saturated heterocycles. The average molecular weight is 384 g/mol. The van der Waals surface area contributed by atoms with E-state index in [2.05, 4.69) is 21.3 Å². The Hall–Kier alpha value is -2.64. The van der Waals surface area contributed by atoms with Crippen molar-refractivity contribution in [2.75, 3.05) is 59.0 Å². The van der Waals surface area contributed by atoms with Crippen molar-refractivity contribution in [2.24, 2.45) is 0 Å². The number of carbonyl (C=O) groups excluding carboxylic acids is 1. The van der Waals surface area contributed by atoms with Crippen molar-refractivity contribution in [1.82, 2.24) is 15.2 Å². The molecule has 1 aliphatic rings. The molecule has 1 fully saturated rings. The number of para-hydroxylation sites is 1. The number of pyridine rings is 1. The second-order valence-corrected chi connectivity index (χ2v) is 6.89. The van der Waals surface area contributed by atoms with Gasteiger partial charge in [-0.25, -0.2) is 4.98 Å². The van der Waals surface area contributed by atoms with E-state index >= 15 is 0 Å². The molecular formula is C21H28N4O3. The Morgan fingerprint density at radius 1 is 1.25 bits per heavy atom. The highest BCUT2D eigenvalue weighted by Gasteiger charge is 2.26. The predicted octanol–water partition coefficient (Wildman–Crippen LogP) is 1.96. The Kier molecular flexibility index (Phi) is 6.84. The van der Waals surface area contributed by atoms with Gasteiger partial charge >= 0.3 is 0 Å². The van der Waals surface area contributed by atoms with Crippen molar-refractivity contribution < 1.29 is 14.3 Å². The number of benzene rings is 1. The zero-order valence-electron chi connectivity index (χ0n) is 16.7. The van der Waals surface area contributed by atoms with Crippen LogP contribution >= 0.6 is 0 Å². The molecule has 3 rings (SSSR count). The number of nitrogens with zero attached hydrogens (tertiary/aromatic N) is 3. The fourth-order valence-electron chi connectivity index (χ4n) is 3.48. The monoisotopic (exact) mass is 384 g/mol. The predicted molar refractivity (Wildman–Crippen MR) is 109 cm³/mol. The van der Waals surface area contributed by atoms with Crippen LogP contribution in [0.3, 0.4) is 0 Å². The minimum Gasteiger partial charge on any atom is -0.496 e. The molecule has 2 heterocycles. The Balaban J connectivity index is 1.81. The number of carbonyl (C=O) groups is 1. The highest BCUT2D eigenvalue weighted by atomic mass is 16.5. The summed E-state index contributed by atoms with van der Waals surface area (Å²) in [5, 5.41) is 3.10. The van der Waals surface area contributed by atoms with Gasteiger partial charge in [0.2, 0.25) is 0 Å². The maximum atomic E-state index is 12.9. The summed E-state index contributed by atoms with van der Waals surface area (Å²) in [6.45, 7) is 3.48. The highest BCUT2D eigenvalue weighted by Crippen LogP contribution is 2.29. The molecule has 1 aliphatic heterocycles. The third-order valence-corrected chi connectivity index (χ3v) is 4.90. The quantitative estimate of drug-likeness (QED) is 0.787. The van der Waals surface area contributed by atoms with Crippen molar-refractivity contribution in [1.29, 1.82) is 0 Å². The number of hydrogen-bond donors (Lipinski definition) is 1. The summed E-state index contributed by atoms with van der Waals surface area (Å²) in [6, 6.07) is 11.5. The van der Waals surface area contributed by atoms with E-state index in [1.165, 1.54) is 0 Å². The maximum absolute atomic E-state index is 12.9. The van der Waals surface area contributed by atoms with Crippen molar-refractivity contribution in [2.45, 2.75) is 6.04 Å². The van der Waals surface area contributed by atoms with E-state index in [9.17, 15) is 4.79 Å². The van der Waals surface area contributed by atoms with Gasteiger partial charge < -0.3 is 19.7 Å². The van der Waals surface area contributed by atoms with E-state index in [0.29, 0.717) is 31.1 Å². The third-order valence-electron chi connectivity index (χ3n) is 4.90. The van der Waals surface area contributed by atoms with Crippen LogP contribution in [0.1, 0.15) is 22.0 Å². The van der Waals surface area contributed by atoms with Crippen molar-refractivity contribution in [3.05, 3.63) is 53.7 Å². The van der Waals surface area contributed by atoms with Gasteiger partial charge in [0.25, 0.3) is 5.91 Å². The van der Waals surface area contributed by atoms with Crippen LogP contribution in [-0.2, 0) is 4.74 Å². The number of rotatable bonds is 7. The van der Waals surface area contributed by atoms with E-state index in [1.54, 1.807) is 25.4 Å². The Labute approximate surface area is 166 Å². The summed E-state index contributed by atoms with van der Waals surface area (Å²) in [7, 11) is 5.43. The van der Waals surface area contributed by atoms with Crippen LogP contribution in [0.15, 0.2) is 42.6 Å². The molecule has 150 valence electrons. The number of aromatic nitrogens is 1. The Morgan fingerprint density at radius 3 is 2.71 bits per heavy atom. The van der Waals surface area contributed by atoms with Gasteiger partial charge in [0.15, 0.2) is 0 Å². The lowest BCUT2D eigenvalue weighted by molar-refractivity contribution is 0.0157. The van der Waals surface area contributed by atoms with Gasteiger partial charge in [0.05, 0.1) is 31.9 Å². The molecule has 0 saturated carbocycles. The first-order valence-corrected chi connectivity index (χ1v) is 9.47. The summed E-state index contributed by atoms with van der Waals surface area (Å²) in [4.78, 5) is 21.4. The first kappa shape index (κ1) is 20.1. The van der Waals surface area contributed by atoms with E-state index < -0.39 is 0 Å². The zero-order chi connectivity index (χ0) is 19.9. The fraction of sp³-hybridized carbons (Fsp3) is 0.429. The minimum atomic E-state index is -0.134. The lowest BCUT2D eigenvalue weighted by atomic mass is 10.0. The number of morpholine rings is 1. The molecule has 7 heteroatoms. The van der Waals surface area contributed by atoms with E-state index in [-0.39, 0.29) is 11.9 Å². The van der Waals surface area contributed by atoms with Crippen molar-refractivity contribution in [3.63, 3.8) is 0 Å². The summed E-state index contributed by atoms with van der Waals surface area (Å²) in [5.41, 5.74) is 1.62. The lowest BCUT2D eigenvalue weighted by Gasteiger charge is -2.35. The molecule has 2 aromatic rings. The Bertz CT molecular complexity index is 791. The van der Waals surface area contributed by atoms with Crippen LogP contribution in [0.25, 0.3) is 0 Å². The molecule has 7 nitrogen and oxygen atoms in total. The van der Waals surface area contributed by atoms with E-state index in [0.717, 1.165) is 24.4 Å². The molecule has 1 amide bonds. The zero-order valence-corrected chi connectivity index (χ0v) is 16.7. The van der Waals surface area contributed by atoms with Crippen LogP contribution in [0, 0.1) is 0 Å². The summed E-state index contributed by atoms with van der Waals surface area (Å²) in [6.07, 6.45) is 1.69. The third kappa shape index (κ3) is 4.61. The van der Waals surface area contributed by atoms with Crippen LogP contribution in [0.5, 0.6) is 5.75 Å². The molecule has 1 atom stereocenters. The number of hydrogen-bond acceptors (Lipinski definition) is 6. The van der Waals surface area contributed by atoms with E-state index in [4.69, 9.17) is 9.47 Å². The minimum absolute atomic E-state index is 0.00322. The standard InChI is InChI=1S/C21H28N4O3/c1-24(2)20-17(8-6-10-22-20)21(26)23-15-18(25-11-13-28-14-12-25)16-7-4-5-9-19(16)27-3/h4-10,18H,11-15H2,1-3H3,(H,23,26). The molecule has 1 unspecified atom stereocenters. The van der Waals surface area contributed by atoms with Crippen molar-refractivity contribution in [3.8, 4) is 5.75 Å². The van der Waals surface area contributed by atoms with Gasteiger partial charge in [0.1, 0.15) is 11.6 Å². The second kappa shape index (κ2) is 9.52. The number of ether oxygens (including phenoxy) is 2. The second-order valence-electron chi connectivity index (χ2n) is 6.89. The van der Waals surface area contributed by atoms with Gasteiger partial charge in [-0.05, 0) is 18.2 Å². The van der Waals surface area contributed by atoms with Gasteiger partial charge in [-0.3, -0.25) is 9.69 Å². The molecule has 0 aliphatic carbocycles. The van der Waals surface area contributed by atoms with Gasteiger partial charge in [-0.1, -0.05) is 18.2 Å².